The first-order chi connectivity index (χ1) is 14.2. The van der Waals surface area contributed by atoms with E-state index >= 15 is 0 Å². The van der Waals surface area contributed by atoms with Crippen LogP contribution in [0.5, 0.6) is 11.5 Å². The largest absolute Gasteiger partial charge is 0.454 e. The Morgan fingerprint density at radius 3 is 2.90 bits per heavy atom. The van der Waals surface area contributed by atoms with Crippen LogP contribution in [0.1, 0.15) is 25.1 Å². The molecule has 0 bridgehead atoms. The van der Waals surface area contributed by atoms with Gasteiger partial charge in [-0.2, -0.15) is 0 Å². The molecule has 1 atom stereocenters. The minimum atomic E-state index is -0.592. The Morgan fingerprint density at radius 1 is 1.28 bits per heavy atom. The number of fused-ring (bicyclic) bond motifs is 3. The Kier molecular flexibility index (Phi) is 4.60. The average Bonchev–Trinajstić information content (AvgIpc) is 3.18. The van der Waals surface area contributed by atoms with Crippen LogP contribution in [0, 0.1) is 0 Å². The van der Waals surface area contributed by atoms with Gasteiger partial charge in [-0.15, -0.1) is 5.10 Å². The summed E-state index contributed by atoms with van der Waals surface area (Å²) in [6, 6.07) is 11.1. The van der Waals surface area contributed by atoms with Crippen LogP contribution in [-0.4, -0.2) is 28.6 Å². The number of hydrogen-bond donors (Lipinski definition) is 1. The second kappa shape index (κ2) is 7.27. The molecule has 7 nitrogen and oxygen atoms in total. The number of para-hydroxylation sites is 1. The van der Waals surface area contributed by atoms with Gasteiger partial charge in [0, 0.05) is 22.6 Å². The Labute approximate surface area is 176 Å². The maximum atomic E-state index is 13.0. The number of nitrogens with zero attached hydrogens (tertiary/aromatic N) is 3. The van der Waals surface area contributed by atoms with Crippen molar-refractivity contribution in [1.29, 1.82) is 0 Å². The number of halogens is 1. The Bertz CT molecular complexity index is 1170. The fraction of sp³-hybridized carbons (Fsp3) is 0.250. The molecule has 3 aliphatic rings. The number of benzene rings is 2. The summed E-state index contributed by atoms with van der Waals surface area (Å²) in [6.45, 7) is 2.23. The molecule has 1 N–H and O–H groups in total. The van der Waals surface area contributed by atoms with E-state index in [-0.39, 0.29) is 12.7 Å². The molecular formula is C20H17ClN4O3S. The van der Waals surface area contributed by atoms with Gasteiger partial charge < -0.3 is 9.47 Å². The van der Waals surface area contributed by atoms with Crippen molar-refractivity contribution >= 4 is 40.1 Å². The van der Waals surface area contributed by atoms with Crippen molar-refractivity contribution in [2.45, 2.75) is 19.5 Å². The van der Waals surface area contributed by atoms with E-state index in [2.05, 4.69) is 12.2 Å². The number of nitrogens with one attached hydrogen (secondary N) is 1. The summed E-state index contributed by atoms with van der Waals surface area (Å²) in [7, 11) is 0. The first-order valence-electron chi connectivity index (χ1n) is 9.24. The summed E-state index contributed by atoms with van der Waals surface area (Å²) in [6.07, 6.45) is 0.381. The molecule has 1 amide bonds. The van der Waals surface area contributed by atoms with E-state index in [4.69, 9.17) is 31.2 Å². The van der Waals surface area contributed by atoms with Gasteiger partial charge in [0.2, 0.25) is 6.79 Å². The quantitative estimate of drug-likeness (QED) is 0.812. The molecule has 9 heteroatoms. The van der Waals surface area contributed by atoms with Crippen LogP contribution >= 0.6 is 23.4 Å². The third-order valence-electron chi connectivity index (χ3n) is 4.73. The van der Waals surface area contributed by atoms with Gasteiger partial charge in [-0.3, -0.25) is 15.1 Å². The second-order valence-corrected chi connectivity index (χ2v) is 8.14. The fourth-order valence-corrected chi connectivity index (χ4v) is 4.38. The molecule has 5 rings (SSSR count). The van der Waals surface area contributed by atoms with E-state index < -0.39 is 6.17 Å². The van der Waals surface area contributed by atoms with Crippen LogP contribution in [0.3, 0.4) is 0 Å². The van der Waals surface area contributed by atoms with Gasteiger partial charge in [0.05, 0.1) is 10.4 Å². The highest BCUT2D eigenvalue weighted by atomic mass is 35.5. The number of amides is 1. The monoisotopic (exact) mass is 428 g/mol. The minimum absolute atomic E-state index is 0.152. The number of thioether (sulfide) groups is 1. The predicted molar refractivity (Wildman–Crippen MR) is 111 cm³/mol. The molecule has 3 aliphatic heterocycles. The van der Waals surface area contributed by atoms with Crippen molar-refractivity contribution in [1.82, 2.24) is 10.3 Å². The number of ether oxygens (including phenoxy) is 2. The van der Waals surface area contributed by atoms with E-state index in [1.54, 1.807) is 11.1 Å². The normalized spacial score (nSPS) is 19.2. The van der Waals surface area contributed by atoms with Crippen LogP contribution in [0.4, 0.5) is 0 Å². The maximum absolute atomic E-state index is 13.0. The van der Waals surface area contributed by atoms with Gasteiger partial charge in [-0.25, -0.2) is 5.01 Å². The van der Waals surface area contributed by atoms with Gasteiger partial charge in [0.15, 0.2) is 22.8 Å². The van der Waals surface area contributed by atoms with Crippen LogP contribution in [-0.2, 0) is 4.79 Å². The van der Waals surface area contributed by atoms with E-state index in [0.717, 1.165) is 17.4 Å². The predicted octanol–water partition coefficient (Wildman–Crippen LogP) is 2.35. The van der Waals surface area contributed by atoms with Crippen molar-refractivity contribution < 1.29 is 14.3 Å². The second-order valence-electron chi connectivity index (χ2n) is 6.65. The van der Waals surface area contributed by atoms with E-state index in [1.807, 2.05) is 30.3 Å². The van der Waals surface area contributed by atoms with E-state index in [0.29, 0.717) is 38.3 Å². The Balaban J connectivity index is 1.70. The summed E-state index contributed by atoms with van der Waals surface area (Å²) in [4.78, 5) is 17.9. The Morgan fingerprint density at radius 2 is 2.07 bits per heavy atom. The van der Waals surface area contributed by atoms with Crippen LogP contribution in [0.25, 0.3) is 5.70 Å². The average molecular weight is 429 g/mol. The van der Waals surface area contributed by atoms with Crippen LogP contribution < -0.4 is 25.4 Å². The zero-order valence-corrected chi connectivity index (χ0v) is 17.1. The SMILES string of the molecule is CCCSC1=NN2C(=c3ccccc3=N[C@@H]2c2cc3c(cc2Cl)OCO3)C(=O)N1. The maximum Gasteiger partial charge on any atom is 0.276 e. The molecule has 0 fully saturated rings. The van der Waals surface area contributed by atoms with E-state index in [1.165, 1.54) is 11.8 Å². The summed E-state index contributed by atoms with van der Waals surface area (Å²) in [5.41, 5.74) is 1.15. The number of amidine groups is 1. The van der Waals surface area contributed by atoms with Crippen molar-refractivity contribution in [3.8, 4) is 11.5 Å². The van der Waals surface area contributed by atoms with Gasteiger partial charge in [0.1, 0.15) is 5.70 Å². The summed E-state index contributed by atoms with van der Waals surface area (Å²) >= 11 is 8.07. The van der Waals surface area contributed by atoms with Crippen LogP contribution in [0.15, 0.2) is 46.5 Å². The summed E-state index contributed by atoms with van der Waals surface area (Å²) < 4.78 is 10.9. The minimum Gasteiger partial charge on any atom is -0.454 e. The van der Waals surface area contributed by atoms with Crippen molar-refractivity contribution in [3.63, 3.8) is 0 Å². The Hall–Kier alpha value is -2.71. The van der Waals surface area contributed by atoms with Gasteiger partial charge in [-0.1, -0.05) is 48.5 Å². The standard InChI is InChI=1S/C20H17ClN4O3S/c1-2-7-29-20-23-19(26)17-11-5-3-4-6-14(11)22-18(25(17)24-20)12-8-15-16(9-13(12)21)28-10-27-15/h3-6,8-9,18H,2,7,10H2,1H3,(H,23,24,26)/t18-/m0/s1. The highest BCUT2D eigenvalue weighted by molar-refractivity contribution is 8.13. The molecule has 0 radical (unpaired) electrons. The molecule has 0 unspecified atom stereocenters. The third kappa shape index (κ3) is 3.12. The first-order valence-corrected chi connectivity index (χ1v) is 10.6. The lowest BCUT2D eigenvalue weighted by atomic mass is 10.1. The number of hydrazone groups is 1. The summed E-state index contributed by atoms with van der Waals surface area (Å²) in [5, 5.41) is 11.7. The summed E-state index contributed by atoms with van der Waals surface area (Å²) in [5.74, 6) is 1.85. The highest BCUT2D eigenvalue weighted by Crippen LogP contribution is 2.42. The van der Waals surface area contributed by atoms with E-state index in [9.17, 15) is 4.79 Å². The third-order valence-corrected chi connectivity index (χ3v) is 6.13. The zero-order chi connectivity index (χ0) is 20.0. The molecule has 0 spiro atoms. The highest BCUT2D eigenvalue weighted by Gasteiger charge is 2.36. The van der Waals surface area contributed by atoms with Gasteiger partial charge >= 0.3 is 0 Å². The van der Waals surface area contributed by atoms with Gasteiger partial charge in [0.25, 0.3) is 5.91 Å². The molecule has 2 aromatic rings. The molecule has 0 saturated heterocycles. The molecule has 3 heterocycles. The smallest absolute Gasteiger partial charge is 0.276 e. The van der Waals surface area contributed by atoms with Crippen molar-refractivity contribution in [2.24, 2.45) is 10.1 Å². The molecule has 0 saturated carbocycles. The number of hydrogen-bond acceptors (Lipinski definition) is 7. The van der Waals surface area contributed by atoms with Gasteiger partial charge in [-0.05, 0) is 18.6 Å². The fourth-order valence-electron chi connectivity index (χ4n) is 3.42. The topological polar surface area (TPSA) is 75.5 Å². The lowest BCUT2D eigenvalue weighted by Crippen LogP contribution is -2.50. The molecule has 2 aromatic carbocycles. The van der Waals surface area contributed by atoms with Crippen molar-refractivity contribution in [2.75, 3.05) is 12.5 Å². The number of carbonyl (C=O) groups is 1. The molecular weight excluding hydrogens is 412 g/mol. The van der Waals surface area contributed by atoms with Crippen LogP contribution in [0.2, 0.25) is 5.02 Å². The number of carbonyl (C=O) groups excluding carboxylic acids is 1. The lowest BCUT2D eigenvalue weighted by molar-refractivity contribution is -0.116. The zero-order valence-electron chi connectivity index (χ0n) is 15.5. The molecule has 0 aliphatic carbocycles. The number of rotatable bonds is 3. The first kappa shape index (κ1) is 18.3. The molecule has 0 aromatic heterocycles. The molecule has 148 valence electrons. The molecule has 29 heavy (non-hydrogen) atoms. The van der Waals surface area contributed by atoms with Crippen molar-refractivity contribution in [3.05, 3.63) is 57.6 Å². The lowest BCUT2D eigenvalue weighted by Gasteiger charge is -2.34.